The fourth-order valence-electron chi connectivity index (χ4n) is 4.93. The summed E-state index contributed by atoms with van der Waals surface area (Å²) in [6.45, 7) is 7.11. The first-order valence-corrected chi connectivity index (χ1v) is 11.9. The molecule has 2 aromatic rings. The van der Waals surface area contributed by atoms with E-state index in [0.29, 0.717) is 16.5 Å². The average Bonchev–Trinajstić information content (AvgIpc) is 2.95. The standard InChI is InChI=1S/C25H38ClN3O/c1-18-8-5-6-9-20(14-18)15-19(2)16-27-25(30)21-17-29(13-12-28(3)4)23-11-7-10-22(26)24(21)23/h7,10-11,17-20H,5-6,8-9,12-16H2,1-4H3,(H,27,30). The summed E-state index contributed by atoms with van der Waals surface area (Å²) in [5.41, 5.74) is 1.71. The molecule has 1 saturated carbocycles. The minimum Gasteiger partial charge on any atom is -0.352 e. The maximum Gasteiger partial charge on any atom is 0.253 e. The van der Waals surface area contributed by atoms with Crippen LogP contribution in [-0.4, -0.2) is 42.6 Å². The van der Waals surface area contributed by atoms with Crippen LogP contribution in [0.25, 0.3) is 10.9 Å². The normalized spacial score (nSPS) is 21.0. The maximum atomic E-state index is 13.1. The summed E-state index contributed by atoms with van der Waals surface area (Å²) < 4.78 is 2.15. The quantitative estimate of drug-likeness (QED) is 0.534. The molecule has 0 aliphatic heterocycles. The fraction of sp³-hybridized carbons (Fsp3) is 0.640. The highest BCUT2D eigenvalue weighted by molar-refractivity contribution is 6.36. The van der Waals surface area contributed by atoms with Crippen LogP contribution < -0.4 is 5.32 Å². The number of amides is 1. The number of hydrogen-bond acceptors (Lipinski definition) is 2. The van der Waals surface area contributed by atoms with Crippen LogP contribution in [0.15, 0.2) is 24.4 Å². The Morgan fingerprint density at radius 3 is 2.83 bits per heavy atom. The molecule has 1 fully saturated rings. The minimum absolute atomic E-state index is 0.0159. The molecule has 3 rings (SSSR count). The molecular formula is C25H38ClN3O. The van der Waals surface area contributed by atoms with Gasteiger partial charge in [0.15, 0.2) is 0 Å². The van der Waals surface area contributed by atoms with Crippen LogP contribution >= 0.6 is 11.6 Å². The van der Waals surface area contributed by atoms with E-state index in [9.17, 15) is 4.79 Å². The SMILES string of the molecule is CC1CCCCC(CC(C)CNC(=O)c2cn(CCN(C)C)c3cccc(Cl)c23)C1. The van der Waals surface area contributed by atoms with E-state index in [1.165, 1.54) is 38.5 Å². The molecule has 0 bridgehead atoms. The largest absolute Gasteiger partial charge is 0.352 e. The molecule has 1 aromatic carbocycles. The Labute approximate surface area is 187 Å². The van der Waals surface area contributed by atoms with Crippen LogP contribution in [0.4, 0.5) is 0 Å². The van der Waals surface area contributed by atoms with Gasteiger partial charge < -0.3 is 14.8 Å². The zero-order valence-electron chi connectivity index (χ0n) is 19.1. The van der Waals surface area contributed by atoms with E-state index in [4.69, 9.17) is 11.6 Å². The molecule has 1 heterocycles. The van der Waals surface area contributed by atoms with Crippen molar-refractivity contribution in [2.24, 2.45) is 17.8 Å². The van der Waals surface area contributed by atoms with E-state index in [-0.39, 0.29) is 5.91 Å². The second kappa shape index (κ2) is 10.7. The lowest BCUT2D eigenvalue weighted by Gasteiger charge is -2.21. The Morgan fingerprint density at radius 1 is 1.30 bits per heavy atom. The van der Waals surface area contributed by atoms with Crippen molar-refractivity contribution in [2.45, 2.75) is 58.9 Å². The van der Waals surface area contributed by atoms with Crippen molar-refractivity contribution >= 4 is 28.4 Å². The average molecular weight is 432 g/mol. The molecule has 0 spiro atoms. The van der Waals surface area contributed by atoms with Gasteiger partial charge in [-0.05, 0) is 56.8 Å². The van der Waals surface area contributed by atoms with Gasteiger partial charge in [0.25, 0.3) is 5.91 Å². The third-order valence-electron chi connectivity index (χ3n) is 6.53. The smallest absolute Gasteiger partial charge is 0.253 e. The lowest BCUT2D eigenvalue weighted by atomic mass is 9.87. The number of fused-ring (bicyclic) bond motifs is 1. The number of nitrogens with one attached hydrogen (secondary N) is 1. The highest BCUT2D eigenvalue weighted by atomic mass is 35.5. The van der Waals surface area contributed by atoms with Crippen molar-refractivity contribution in [3.8, 4) is 0 Å². The lowest BCUT2D eigenvalue weighted by molar-refractivity contribution is 0.0947. The summed E-state index contributed by atoms with van der Waals surface area (Å²) in [6, 6.07) is 5.87. The van der Waals surface area contributed by atoms with Gasteiger partial charge in [0.05, 0.1) is 16.1 Å². The number of aromatic nitrogens is 1. The molecule has 1 aliphatic carbocycles. The van der Waals surface area contributed by atoms with Crippen molar-refractivity contribution in [2.75, 3.05) is 27.2 Å². The van der Waals surface area contributed by atoms with E-state index in [2.05, 4.69) is 42.7 Å². The van der Waals surface area contributed by atoms with Crippen LogP contribution in [-0.2, 0) is 6.54 Å². The zero-order chi connectivity index (χ0) is 21.7. The Kier molecular flexibility index (Phi) is 8.24. The molecule has 1 aliphatic rings. The Hall–Kier alpha value is -1.52. The topological polar surface area (TPSA) is 37.3 Å². The molecule has 5 heteroatoms. The Morgan fingerprint density at radius 2 is 2.07 bits per heavy atom. The first-order chi connectivity index (χ1) is 14.3. The number of halogens is 1. The van der Waals surface area contributed by atoms with E-state index in [1.807, 2.05) is 24.4 Å². The maximum absolute atomic E-state index is 13.1. The van der Waals surface area contributed by atoms with Crippen molar-refractivity contribution in [1.29, 1.82) is 0 Å². The van der Waals surface area contributed by atoms with Crippen molar-refractivity contribution in [3.63, 3.8) is 0 Å². The molecule has 1 amide bonds. The van der Waals surface area contributed by atoms with Gasteiger partial charge in [-0.3, -0.25) is 4.79 Å². The van der Waals surface area contributed by atoms with E-state index in [1.54, 1.807) is 0 Å². The molecule has 3 unspecified atom stereocenters. The molecule has 30 heavy (non-hydrogen) atoms. The summed E-state index contributed by atoms with van der Waals surface area (Å²) in [5, 5.41) is 4.69. The monoisotopic (exact) mass is 431 g/mol. The number of nitrogens with zero attached hydrogens (tertiary/aromatic N) is 2. The molecule has 166 valence electrons. The first kappa shape index (κ1) is 23.1. The number of benzene rings is 1. The second-order valence-electron chi connectivity index (χ2n) is 9.72. The van der Waals surface area contributed by atoms with Crippen LogP contribution in [0.2, 0.25) is 5.02 Å². The van der Waals surface area contributed by atoms with Gasteiger partial charge in [-0.15, -0.1) is 0 Å². The van der Waals surface area contributed by atoms with Gasteiger partial charge in [0.2, 0.25) is 0 Å². The number of rotatable bonds is 8. The fourth-order valence-corrected chi connectivity index (χ4v) is 5.20. The summed E-state index contributed by atoms with van der Waals surface area (Å²) in [7, 11) is 4.12. The summed E-state index contributed by atoms with van der Waals surface area (Å²) >= 11 is 6.50. The van der Waals surface area contributed by atoms with Gasteiger partial charge in [0, 0.05) is 31.2 Å². The molecule has 4 nitrogen and oxygen atoms in total. The highest BCUT2D eigenvalue weighted by Crippen LogP contribution is 2.32. The van der Waals surface area contributed by atoms with Crippen molar-refractivity contribution in [3.05, 3.63) is 35.0 Å². The predicted molar refractivity (Wildman–Crippen MR) is 127 cm³/mol. The van der Waals surface area contributed by atoms with Gasteiger partial charge in [-0.25, -0.2) is 0 Å². The third-order valence-corrected chi connectivity index (χ3v) is 6.84. The van der Waals surface area contributed by atoms with Crippen LogP contribution in [0, 0.1) is 17.8 Å². The summed E-state index contributed by atoms with van der Waals surface area (Å²) in [4.78, 5) is 15.2. The van der Waals surface area contributed by atoms with Crippen LogP contribution in [0.3, 0.4) is 0 Å². The van der Waals surface area contributed by atoms with Gasteiger partial charge in [-0.2, -0.15) is 0 Å². The minimum atomic E-state index is -0.0159. The highest BCUT2D eigenvalue weighted by Gasteiger charge is 2.21. The number of hydrogen-bond donors (Lipinski definition) is 1. The molecule has 0 saturated heterocycles. The molecule has 1 N–H and O–H groups in total. The van der Waals surface area contributed by atoms with E-state index in [0.717, 1.165) is 42.4 Å². The first-order valence-electron chi connectivity index (χ1n) is 11.6. The summed E-state index contributed by atoms with van der Waals surface area (Å²) in [6.07, 6.45) is 9.97. The van der Waals surface area contributed by atoms with E-state index < -0.39 is 0 Å². The van der Waals surface area contributed by atoms with Crippen LogP contribution in [0.5, 0.6) is 0 Å². The molecule has 1 aromatic heterocycles. The summed E-state index contributed by atoms with van der Waals surface area (Å²) in [5.74, 6) is 2.12. The van der Waals surface area contributed by atoms with Gasteiger partial charge >= 0.3 is 0 Å². The van der Waals surface area contributed by atoms with E-state index >= 15 is 0 Å². The predicted octanol–water partition coefficient (Wildman–Crippen LogP) is 5.83. The number of likely N-dealkylation sites (N-methyl/N-ethyl adjacent to an activating group) is 1. The molecule has 0 radical (unpaired) electrons. The van der Waals surface area contributed by atoms with Gasteiger partial charge in [0.1, 0.15) is 0 Å². The molecular weight excluding hydrogens is 394 g/mol. The van der Waals surface area contributed by atoms with Crippen molar-refractivity contribution in [1.82, 2.24) is 14.8 Å². The van der Waals surface area contributed by atoms with Gasteiger partial charge in [-0.1, -0.05) is 57.2 Å². The second-order valence-corrected chi connectivity index (χ2v) is 10.1. The van der Waals surface area contributed by atoms with Crippen molar-refractivity contribution < 1.29 is 4.79 Å². The number of carbonyl (C=O) groups excluding carboxylic acids is 1. The van der Waals surface area contributed by atoms with Crippen LogP contribution in [0.1, 0.15) is 62.7 Å². The third kappa shape index (κ3) is 6.01. The zero-order valence-corrected chi connectivity index (χ0v) is 19.8. The lowest BCUT2D eigenvalue weighted by Crippen LogP contribution is -2.29. The molecule has 3 atom stereocenters. The Bertz CT molecular complexity index is 844. The Balaban J connectivity index is 1.66. The number of carbonyl (C=O) groups is 1.